The van der Waals surface area contributed by atoms with Crippen molar-refractivity contribution in [3.8, 4) is 0 Å². The van der Waals surface area contributed by atoms with Crippen LogP contribution >= 0.6 is 0 Å². The standard InChI is InChI=1S/C10H18/c1-5-6-10(4)8-7-9(2)3/h2,4-8H2,1,3H3. The van der Waals surface area contributed by atoms with E-state index in [0.29, 0.717) is 0 Å². The Kier molecular flexibility index (Phi) is 5.00. The highest BCUT2D eigenvalue weighted by molar-refractivity contribution is 4.99. The van der Waals surface area contributed by atoms with Gasteiger partial charge in [0.15, 0.2) is 0 Å². The van der Waals surface area contributed by atoms with Crippen molar-refractivity contribution in [1.82, 2.24) is 0 Å². The molecule has 0 aliphatic heterocycles. The molecule has 0 nitrogen and oxygen atoms in total. The van der Waals surface area contributed by atoms with Crippen LogP contribution in [0.1, 0.15) is 39.5 Å². The lowest BCUT2D eigenvalue weighted by molar-refractivity contribution is 0.819. The molecule has 0 saturated heterocycles. The van der Waals surface area contributed by atoms with Crippen molar-refractivity contribution >= 4 is 0 Å². The summed E-state index contributed by atoms with van der Waals surface area (Å²) in [5.41, 5.74) is 2.63. The quantitative estimate of drug-likeness (QED) is 0.508. The van der Waals surface area contributed by atoms with Gasteiger partial charge in [0.1, 0.15) is 0 Å². The van der Waals surface area contributed by atoms with Gasteiger partial charge in [-0.1, -0.05) is 31.1 Å². The molecule has 0 fully saturated rings. The molecule has 0 saturated carbocycles. The maximum atomic E-state index is 3.98. The van der Waals surface area contributed by atoms with Gasteiger partial charge in [-0.15, -0.1) is 6.58 Å². The molecule has 0 aromatic rings. The fraction of sp³-hybridized carbons (Fsp3) is 0.600. The van der Waals surface area contributed by atoms with Crippen LogP contribution in [0.15, 0.2) is 24.3 Å². The highest BCUT2D eigenvalue weighted by Crippen LogP contribution is 2.12. The summed E-state index contributed by atoms with van der Waals surface area (Å²) in [6.07, 6.45) is 4.63. The van der Waals surface area contributed by atoms with Gasteiger partial charge in [0, 0.05) is 0 Å². The van der Waals surface area contributed by atoms with Crippen LogP contribution in [-0.4, -0.2) is 0 Å². The summed E-state index contributed by atoms with van der Waals surface area (Å²) >= 11 is 0. The molecular formula is C10H18. The monoisotopic (exact) mass is 138 g/mol. The van der Waals surface area contributed by atoms with Crippen LogP contribution in [0, 0.1) is 0 Å². The Morgan fingerprint density at radius 2 is 1.70 bits per heavy atom. The van der Waals surface area contributed by atoms with Gasteiger partial charge in [-0.25, -0.2) is 0 Å². The second-order valence-electron chi connectivity index (χ2n) is 2.96. The Morgan fingerprint density at radius 1 is 1.10 bits per heavy atom. The van der Waals surface area contributed by atoms with Crippen molar-refractivity contribution in [3.63, 3.8) is 0 Å². The Balaban J connectivity index is 3.30. The number of hydrogen-bond acceptors (Lipinski definition) is 0. The summed E-state index contributed by atoms with van der Waals surface area (Å²) in [7, 11) is 0. The van der Waals surface area contributed by atoms with Gasteiger partial charge >= 0.3 is 0 Å². The van der Waals surface area contributed by atoms with E-state index in [2.05, 4.69) is 27.0 Å². The van der Waals surface area contributed by atoms with Crippen molar-refractivity contribution in [1.29, 1.82) is 0 Å². The lowest BCUT2D eigenvalue weighted by Crippen LogP contribution is -1.81. The zero-order valence-corrected chi connectivity index (χ0v) is 7.24. The molecule has 10 heavy (non-hydrogen) atoms. The fourth-order valence-electron chi connectivity index (χ4n) is 0.869. The van der Waals surface area contributed by atoms with Crippen molar-refractivity contribution < 1.29 is 0 Å². The molecule has 0 bridgehead atoms. The minimum atomic E-state index is 1.11. The Morgan fingerprint density at radius 3 is 2.10 bits per heavy atom. The number of allylic oxidation sites excluding steroid dienone is 2. The van der Waals surface area contributed by atoms with Crippen LogP contribution in [0.25, 0.3) is 0 Å². The maximum Gasteiger partial charge on any atom is -0.0286 e. The van der Waals surface area contributed by atoms with Gasteiger partial charge in [0.05, 0.1) is 0 Å². The molecular weight excluding hydrogens is 120 g/mol. The van der Waals surface area contributed by atoms with Gasteiger partial charge in [-0.2, -0.15) is 0 Å². The van der Waals surface area contributed by atoms with E-state index in [9.17, 15) is 0 Å². The minimum absolute atomic E-state index is 1.11. The van der Waals surface area contributed by atoms with Gasteiger partial charge in [-0.3, -0.25) is 0 Å². The second kappa shape index (κ2) is 5.28. The molecule has 0 aliphatic rings. The van der Waals surface area contributed by atoms with Crippen molar-refractivity contribution in [2.24, 2.45) is 0 Å². The third-order valence-corrected chi connectivity index (χ3v) is 1.51. The molecule has 0 unspecified atom stereocenters. The van der Waals surface area contributed by atoms with Crippen molar-refractivity contribution in [3.05, 3.63) is 24.3 Å². The first-order valence-corrected chi connectivity index (χ1v) is 3.97. The molecule has 0 aliphatic carbocycles. The zero-order chi connectivity index (χ0) is 7.98. The molecule has 58 valence electrons. The average Bonchev–Trinajstić information content (AvgIpc) is 1.85. The third kappa shape index (κ3) is 5.61. The van der Waals surface area contributed by atoms with E-state index in [1.165, 1.54) is 24.0 Å². The zero-order valence-electron chi connectivity index (χ0n) is 7.24. The van der Waals surface area contributed by atoms with E-state index in [0.717, 1.165) is 12.8 Å². The number of rotatable bonds is 5. The normalized spacial score (nSPS) is 9.40. The Bertz CT molecular complexity index is 120. The van der Waals surface area contributed by atoms with E-state index in [4.69, 9.17) is 0 Å². The molecule has 0 aromatic heterocycles. The first-order chi connectivity index (χ1) is 4.66. The van der Waals surface area contributed by atoms with Crippen LogP contribution in [0.2, 0.25) is 0 Å². The van der Waals surface area contributed by atoms with Crippen molar-refractivity contribution in [2.75, 3.05) is 0 Å². The molecule has 0 aromatic carbocycles. The van der Waals surface area contributed by atoms with Gasteiger partial charge in [0.2, 0.25) is 0 Å². The van der Waals surface area contributed by atoms with E-state index < -0.39 is 0 Å². The predicted octanol–water partition coefficient (Wildman–Crippen LogP) is 3.70. The minimum Gasteiger partial charge on any atom is -0.100 e. The SMILES string of the molecule is C=C(C)CCC(=C)CCC. The summed E-state index contributed by atoms with van der Waals surface area (Å²) in [4.78, 5) is 0. The molecule has 0 atom stereocenters. The number of hydrogen-bond donors (Lipinski definition) is 0. The molecule has 0 amide bonds. The summed E-state index contributed by atoms with van der Waals surface area (Å²) in [6.45, 7) is 12.1. The molecule has 0 heteroatoms. The maximum absolute atomic E-state index is 3.98. The van der Waals surface area contributed by atoms with Crippen molar-refractivity contribution in [2.45, 2.75) is 39.5 Å². The summed E-state index contributed by atoms with van der Waals surface area (Å²) in [5.74, 6) is 0. The molecule has 0 heterocycles. The van der Waals surface area contributed by atoms with E-state index in [1.54, 1.807) is 0 Å². The first kappa shape index (κ1) is 9.48. The van der Waals surface area contributed by atoms with Gasteiger partial charge in [0.25, 0.3) is 0 Å². The molecule has 0 spiro atoms. The van der Waals surface area contributed by atoms with Crippen LogP contribution in [-0.2, 0) is 0 Å². The predicted molar refractivity (Wildman–Crippen MR) is 48.1 cm³/mol. The van der Waals surface area contributed by atoms with Crippen LogP contribution in [0.3, 0.4) is 0 Å². The summed E-state index contributed by atoms with van der Waals surface area (Å²) < 4.78 is 0. The Hall–Kier alpha value is -0.520. The molecule has 0 N–H and O–H groups in total. The lowest BCUT2D eigenvalue weighted by Gasteiger charge is -2.02. The second-order valence-corrected chi connectivity index (χ2v) is 2.96. The highest BCUT2D eigenvalue weighted by Gasteiger charge is 1.92. The summed E-state index contributed by atoms with van der Waals surface area (Å²) in [5, 5.41) is 0. The summed E-state index contributed by atoms with van der Waals surface area (Å²) in [6, 6.07) is 0. The topological polar surface area (TPSA) is 0 Å². The van der Waals surface area contributed by atoms with Crippen LogP contribution < -0.4 is 0 Å². The fourth-order valence-corrected chi connectivity index (χ4v) is 0.869. The average molecular weight is 138 g/mol. The third-order valence-electron chi connectivity index (χ3n) is 1.51. The van der Waals surface area contributed by atoms with Crippen LogP contribution in [0.5, 0.6) is 0 Å². The molecule has 0 rings (SSSR count). The largest absolute Gasteiger partial charge is 0.100 e. The smallest absolute Gasteiger partial charge is 0.0286 e. The lowest BCUT2D eigenvalue weighted by atomic mass is 10.0. The first-order valence-electron chi connectivity index (χ1n) is 3.97. The highest BCUT2D eigenvalue weighted by atomic mass is 14.0. The van der Waals surface area contributed by atoms with Gasteiger partial charge in [-0.05, 0) is 26.2 Å². The molecule has 0 radical (unpaired) electrons. The Labute approximate surface area is 64.6 Å². The van der Waals surface area contributed by atoms with E-state index in [-0.39, 0.29) is 0 Å². The van der Waals surface area contributed by atoms with Crippen LogP contribution in [0.4, 0.5) is 0 Å². The van der Waals surface area contributed by atoms with E-state index in [1.807, 2.05) is 0 Å². The van der Waals surface area contributed by atoms with E-state index >= 15 is 0 Å². The van der Waals surface area contributed by atoms with Gasteiger partial charge < -0.3 is 0 Å².